The van der Waals surface area contributed by atoms with E-state index in [9.17, 15) is 17.6 Å². The Hall–Kier alpha value is -2.45. The third-order valence-corrected chi connectivity index (χ3v) is 7.39. The minimum atomic E-state index is -3.67. The number of carbonyl (C=O) groups excluding carboxylic acids is 1. The average molecular weight is 434 g/mol. The van der Waals surface area contributed by atoms with Crippen LogP contribution in [0.5, 0.6) is 0 Å². The van der Waals surface area contributed by atoms with Gasteiger partial charge in [-0.2, -0.15) is 4.31 Å². The van der Waals surface area contributed by atoms with Crippen LogP contribution in [-0.2, 0) is 10.0 Å². The van der Waals surface area contributed by atoms with Gasteiger partial charge in [0.15, 0.2) is 0 Å². The van der Waals surface area contributed by atoms with Crippen molar-refractivity contribution in [2.24, 2.45) is 0 Å². The highest BCUT2D eigenvalue weighted by molar-refractivity contribution is 7.89. The number of rotatable bonds is 7. The summed E-state index contributed by atoms with van der Waals surface area (Å²) < 4.78 is 40.9. The third kappa shape index (κ3) is 4.82. The Morgan fingerprint density at radius 3 is 2.40 bits per heavy atom. The molecule has 1 amide bonds. The first-order chi connectivity index (χ1) is 14.4. The van der Waals surface area contributed by atoms with Crippen molar-refractivity contribution in [3.63, 3.8) is 0 Å². The fourth-order valence-corrected chi connectivity index (χ4v) is 5.21. The molecular formula is C22H28FN3O3S. The number of nitrogens with zero attached hydrogens (tertiary/aromatic N) is 2. The molecule has 0 atom stereocenters. The largest absolute Gasteiger partial charge is 0.370 e. The highest BCUT2D eigenvalue weighted by atomic mass is 32.2. The van der Waals surface area contributed by atoms with Gasteiger partial charge in [-0.05, 0) is 55.7 Å². The van der Waals surface area contributed by atoms with Crippen molar-refractivity contribution in [3.05, 3.63) is 53.8 Å². The first kappa shape index (κ1) is 22.2. The summed E-state index contributed by atoms with van der Waals surface area (Å²) in [4.78, 5) is 15.0. The van der Waals surface area contributed by atoms with Gasteiger partial charge in [0.05, 0.1) is 16.3 Å². The summed E-state index contributed by atoms with van der Waals surface area (Å²) >= 11 is 0. The average Bonchev–Trinajstić information content (AvgIpc) is 2.75. The number of amides is 1. The molecule has 30 heavy (non-hydrogen) atoms. The smallest absolute Gasteiger partial charge is 0.255 e. The zero-order valence-electron chi connectivity index (χ0n) is 17.4. The van der Waals surface area contributed by atoms with Gasteiger partial charge < -0.3 is 10.2 Å². The second-order valence-electron chi connectivity index (χ2n) is 7.28. The predicted octanol–water partition coefficient (Wildman–Crippen LogP) is 4.10. The van der Waals surface area contributed by atoms with E-state index in [1.165, 1.54) is 28.6 Å². The van der Waals surface area contributed by atoms with Gasteiger partial charge in [-0.25, -0.2) is 12.8 Å². The maximum Gasteiger partial charge on any atom is 0.255 e. The maximum absolute atomic E-state index is 13.6. The minimum absolute atomic E-state index is 0.126. The van der Waals surface area contributed by atoms with Crippen LogP contribution in [0.4, 0.5) is 15.8 Å². The Kier molecular flexibility index (Phi) is 7.10. The molecular weight excluding hydrogens is 405 g/mol. The van der Waals surface area contributed by atoms with Gasteiger partial charge in [-0.3, -0.25) is 4.79 Å². The lowest BCUT2D eigenvalue weighted by atomic mass is 10.1. The Morgan fingerprint density at radius 2 is 1.77 bits per heavy atom. The van der Waals surface area contributed by atoms with Gasteiger partial charge in [0.1, 0.15) is 5.82 Å². The molecule has 1 heterocycles. The van der Waals surface area contributed by atoms with Gasteiger partial charge in [0, 0.05) is 31.7 Å². The van der Waals surface area contributed by atoms with Crippen molar-refractivity contribution in [2.45, 2.75) is 38.0 Å². The van der Waals surface area contributed by atoms with Crippen LogP contribution < -0.4 is 10.2 Å². The van der Waals surface area contributed by atoms with Gasteiger partial charge in [-0.15, -0.1) is 0 Å². The standard InChI is InChI=1S/C22H28FN3O3S/c1-3-26(4-2)30(28,29)19-11-12-21(25-13-6-5-7-14-25)20(16-19)24-22(27)17-9-8-10-18(23)15-17/h8-12,15-16H,3-7,13-14H2,1-2H3,(H,24,27). The molecule has 1 aliphatic heterocycles. The highest BCUT2D eigenvalue weighted by Gasteiger charge is 2.25. The number of carbonyl (C=O) groups is 1. The summed E-state index contributed by atoms with van der Waals surface area (Å²) in [5.41, 5.74) is 1.37. The van der Waals surface area contributed by atoms with E-state index in [2.05, 4.69) is 10.2 Å². The maximum atomic E-state index is 13.6. The van der Waals surface area contributed by atoms with Gasteiger partial charge in [0.2, 0.25) is 10.0 Å². The van der Waals surface area contributed by atoms with E-state index in [0.29, 0.717) is 18.8 Å². The van der Waals surface area contributed by atoms with Crippen LogP contribution in [-0.4, -0.2) is 44.8 Å². The van der Waals surface area contributed by atoms with E-state index >= 15 is 0 Å². The van der Waals surface area contributed by atoms with Gasteiger partial charge in [-0.1, -0.05) is 19.9 Å². The summed E-state index contributed by atoms with van der Waals surface area (Å²) in [5, 5.41) is 2.81. The fraction of sp³-hybridized carbons (Fsp3) is 0.409. The van der Waals surface area contributed by atoms with Crippen LogP contribution in [0.3, 0.4) is 0 Å². The van der Waals surface area contributed by atoms with Crippen molar-refractivity contribution < 1.29 is 17.6 Å². The molecule has 1 N–H and O–H groups in total. The summed E-state index contributed by atoms with van der Waals surface area (Å²) in [6.45, 7) is 5.97. The number of piperidine rings is 1. The Bertz CT molecular complexity index is 1000. The van der Waals surface area contributed by atoms with E-state index in [0.717, 1.165) is 44.1 Å². The van der Waals surface area contributed by atoms with Crippen LogP contribution in [0, 0.1) is 5.82 Å². The van der Waals surface area contributed by atoms with E-state index in [1.807, 2.05) is 0 Å². The van der Waals surface area contributed by atoms with E-state index < -0.39 is 21.7 Å². The Morgan fingerprint density at radius 1 is 1.07 bits per heavy atom. The molecule has 0 unspecified atom stereocenters. The monoisotopic (exact) mass is 433 g/mol. The molecule has 2 aromatic carbocycles. The van der Waals surface area contributed by atoms with Crippen molar-refractivity contribution in [1.82, 2.24) is 4.31 Å². The number of anilines is 2. The number of hydrogen-bond donors (Lipinski definition) is 1. The number of sulfonamides is 1. The zero-order chi connectivity index (χ0) is 21.7. The molecule has 0 bridgehead atoms. The van der Waals surface area contributed by atoms with Crippen LogP contribution >= 0.6 is 0 Å². The Labute approximate surface area is 177 Å². The van der Waals surface area contributed by atoms with Crippen molar-refractivity contribution in [3.8, 4) is 0 Å². The van der Waals surface area contributed by atoms with Gasteiger partial charge in [0.25, 0.3) is 5.91 Å². The lowest BCUT2D eigenvalue weighted by Crippen LogP contribution is -2.32. The SMILES string of the molecule is CCN(CC)S(=O)(=O)c1ccc(N2CCCCC2)c(NC(=O)c2cccc(F)c2)c1. The second-order valence-corrected chi connectivity index (χ2v) is 9.22. The lowest BCUT2D eigenvalue weighted by Gasteiger charge is -2.31. The fourth-order valence-electron chi connectivity index (χ4n) is 3.72. The molecule has 2 aromatic rings. The molecule has 6 nitrogen and oxygen atoms in total. The third-order valence-electron chi connectivity index (χ3n) is 5.34. The van der Waals surface area contributed by atoms with Crippen molar-refractivity contribution >= 4 is 27.3 Å². The Balaban J connectivity index is 2.01. The van der Waals surface area contributed by atoms with E-state index in [-0.39, 0.29) is 10.5 Å². The molecule has 3 rings (SSSR count). The minimum Gasteiger partial charge on any atom is -0.370 e. The molecule has 0 aliphatic carbocycles. The summed E-state index contributed by atoms with van der Waals surface area (Å²) in [5.74, 6) is -0.984. The molecule has 0 radical (unpaired) electrons. The normalized spacial score (nSPS) is 14.7. The molecule has 0 saturated carbocycles. The number of benzene rings is 2. The zero-order valence-corrected chi connectivity index (χ0v) is 18.2. The molecule has 0 spiro atoms. The van der Waals surface area contributed by atoms with Crippen LogP contribution in [0.2, 0.25) is 0 Å². The van der Waals surface area contributed by atoms with Crippen molar-refractivity contribution in [1.29, 1.82) is 0 Å². The first-order valence-electron chi connectivity index (χ1n) is 10.3. The quantitative estimate of drug-likeness (QED) is 0.714. The molecule has 1 saturated heterocycles. The van der Waals surface area contributed by atoms with E-state index in [4.69, 9.17) is 0 Å². The number of hydrogen-bond acceptors (Lipinski definition) is 4. The predicted molar refractivity (Wildman–Crippen MR) is 117 cm³/mol. The van der Waals surface area contributed by atoms with Crippen LogP contribution in [0.15, 0.2) is 47.4 Å². The summed E-state index contributed by atoms with van der Waals surface area (Å²) in [7, 11) is -3.67. The van der Waals surface area contributed by atoms with E-state index in [1.54, 1.807) is 26.0 Å². The van der Waals surface area contributed by atoms with Crippen LogP contribution in [0.25, 0.3) is 0 Å². The van der Waals surface area contributed by atoms with Crippen molar-refractivity contribution in [2.75, 3.05) is 36.4 Å². The molecule has 1 aliphatic rings. The molecule has 0 aromatic heterocycles. The van der Waals surface area contributed by atoms with Gasteiger partial charge >= 0.3 is 0 Å². The summed E-state index contributed by atoms with van der Waals surface area (Å²) in [6.07, 6.45) is 3.23. The molecule has 162 valence electrons. The summed E-state index contributed by atoms with van der Waals surface area (Å²) in [6, 6.07) is 10.3. The number of nitrogens with one attached hydrogen (secondary N) is 1. The molecule has 1 fully saturated rings. The highest BCUT2D eigenvalue weighted by Crippen LogP contribution is 2.32. The molecule has 8 heteroatoms. The van der Waals surface area contributed by atoms with Crippen LogP contribution in [0.1, 0.15) is 43.5 Å². The lowest BCUT2D eigenvalue weighted by molar-refractivity contribution is 0.102. The topological polar surface area (TPSA) is 69.7 Å². The second kappa shape index (κ2) is 9.57. The number of halogens is 1. The first-order valence-corrected chi connectivity index (χ1v) is 11.8.